The van der Waals surface area contributed by atoms with Gasteiger partial charge in [0.15, 0.2) is 0 Å². The quantitative estimate of drug-likeness (QED) is 0.599. The van der Waals surface area contributed by atoms with E-state index in [1.807, 2.05) is 0 Å². The summed E-state index contributed by atoms with van der Waals surface area (Å²) >= 11 is 0. The Hall–Kier alpha value is -0.590. The number of hydrogen-bond donors (Lipinski definition) is 0. The first-order chi connectivity index (χ1) is 7.18. The number of Topliss-reactive ketones (excluding diaryl/α,β-unsaturated/α-hetero) is 1. The molecule has 0 aliphatic heterocycles. The van der Waals surface area contributed by atoms with E-state index in [1.165, 1.54) is 19.3 Å². The standard InChI is InChI=1S/C14H20O/c1-8(2)11-7-13(15)12-6-9-4-3-5-10(11)14(9)12/h6,8,10-12,14H,3-5,7H2,1-2H3/t10-,11-,12-,14+/m1/s1. The molecular weight excluding hydrogens is 184 g/mol. The molecule has 2 saturated carbocycles. The molecule has 15 heavy (non-hydrogen) atoms. The van der Waals surface area contributed by atoms with Crippen LogP contribution in [0.3, 0.4) is 0 Å². The van der Waals surface area contributed by atoms with Gasteiger partial charge in [-0.3, -0.25) is 4.79 Å². The summed E-state index contributed by atoms with van der Waals surface area (Å²) in [5.41, 5.74) is 1.62. The van der Waals surface area contributed by atoms with E-state index in [1.54, 1.807) is 5.57 Å². The summed E-state index contributed by atoms with van der Waals surface area (Å²) < 4.78 is 0. The van der Waals surface area contributed by atoms with Gasteiger partial charge in [0, 0.05) is 12.3 Å². The van der Waals surface area contributed by atoms with E-state index in [2.05, 4.69) is 19.9 Å². The molecule has 0 saturated heterocycles. The van der Waals surface area contributed by atoms with Crippen LogP contribution in [0, 0.1) is 29.6 Å². The van der Waals surface area contributed by atoms with Gasteiger partial charge in [0.25, 0.3) is 0 Å². The highest BCUT2D eigenvalue weighted by Crippen LogP contribution is 2.55. The predicted octanol–water partition coefficient (Wildman–Crippen LogP) is 3.20. The molecule has 0 amide bonds. The van der Waals surface area contributed by atoms with Crippen LogP contribution in [0.4, 0.5) is 0 Å². The minimum absolute atomic E-state index is 0.334. The van der Waals surface area contributed by atoms with Crippen molar-refractivity contribution in [2.75, 3.05) is 0 Å². The second-order valence-corrected chi connectivity index (χ2v) is 5.93. The molecule has 0 unspecified atom stereocenters. The number of hydrogen-bond acceptors (Lipinski definition) is 1. The highest BCUT2D eigenvalue weighted by atomic mass is 16.1. The minimum atomic E-state index is 0.334. The molecular formula is C14H20O. The number of carbonyl (C=O) groups is 1. The van der Waals surface area contributed by atoms with Crippen LogP contribution in [0.1, 0.15) is 39.5 Å². The van der Waals surface area contributed by atoms with Crippen LogP contribution in [0.5, 0.6) is 0 Å². The highest BCUT2D eigenvalue weighted by molar-refractivity contribution is 5.86. The van der Waals surface area contributed by atoms with Crippen molar-refractivity contribution in [1.82, 2.24) is 0 Å². The fourth-order valence-corrected chi connectivity index (χ4v) is 4.09. The van der Waals surface area contributed by atoms with Crippen molar-refractivity contribution < 1.29 is 4.79 Å². The van der Waals surface area contributed by atoms with Crippen LogP contribution in [-0.4, -0.2) is 5.78 Å². The van der Waals surface area contributed by atoms with Crippen LogP contribution >= 0.6 is 0 Å². The third-order valence-electron chi connectivity index (χ3n) is 4.89. The van der Waals surface area contributed by atoms with Crippen LogP contribution < -0.4 is 0 Å². The average Bonchev–Trinajstić information content (AvgIpc) is 2.15. The third kappa shape index (κ3) is 1.25. The Kier molecular flexibility index (Phi) is 2.05. The largest absolute Gasteiger partial charge is 0.299 e. The smallest absolute Gasteiger partial charge is 0.140 e. The molecule has 0 radical (unpaired) electrons. The van der Waals surface area contributed by atoms with Crippen molar-refractivity contribution in [1.29, 1.82) is 0 Å². The molecule has 4 atom stereocenters. The summed E-state index contributed by atoms with van der Waals surface area (Å²) in [6.07, 6.45) is 7.13. The lowest BCUT2D eigenvalue weighted by molar-refractivity contribution is -0.131. The number of rotatable bonds is 1. The van der Waals surface area contributed by atoms with Gasteiger partial charge in [-0.15, -0.1) is 0 Å². The van der Waals surface area contributed by atoms with Crippen molar-refractivity contribution in [2.45, 2.75) is 39.5 Å². The van der Waals surface area contributed by atoms with Crippen LogP contribution in [0.25, 0.3) is 0 Å². The van der Waals surface area contributed by atoms with Crippen molar-refractivity contribution in [3.8, 4) is 0 Å². The zero-order chi connectivity index (χ0) is 10.6. The lowest BCUT2D eigenvalue weighted by Gasteiger charge is -2.52. The first-order valence-electron chi connectivity index (χ1n) is 6.42. The Morgan fingerprint density at radius 2 is 2.20 bits per heavy atom. The summed E-state index contributed by atoms with van der Waals surface area (Å²) in [4.78, 5) is 12.0. The van der Waals surface area contributed by atoms with Gasteiger partial charge in [-0.05, 0) is 42.9 Å². The zero-order valence-electron chi connectivity index (χ0n) is 9.70. The SMILES string of the molecule is CC(C)[C@H]1CC(=O)[C@H]2C=C3CCC[C@H]1[C@H]32. The van der Waals surface area contributed by atoms with Crippen molar-refractivity contribution in [3.05, 3.63) is 11.6 Å². The van der Waals surface area contributed by atoms with Gasteiger partial charge in [0.2, 0.25) is 0 Å². The first-order valence-corrected chi connectivity index (χ1v) is 6.42. The lowest BCUT2D eigenvalue weighted by atomic mass is 9.52. The number of ketones is 1. The molecule has 0 spiro atoms. The van der Waals surface area contributed by atoms with Crippen molar-refractivity contribution >= 4 is 5.78 Å². The summed E-state index contributed by atoms with van der Waals surface area (Å²) in [5.74, 6) is 3.72. The van der Waals surface area contributed by atoms with Gasteiger partial charge in [0.05, 0.1) is 0 Å². The molecule has 2 fully saturated rings. The molecule has 0 aromatic rings. The Balaban J connectivity index is 1.92. The lowest BCUT2D eigenvalue weighted by Crippen LogP contribution is -2.48. The summed E-state index contributed by atoms with van der Waals surface area (Å²) in [7, 11) is 0. The Labute approximate surface area is 91.9 Å². The van der Waals surface area contributed by atoms with E-state index in [0.29, 0.717) is 29.5 Å². The summed E-state index contributed by atoms with van der Waals surface area (Å²) in [6.45, 7) is 4.57. The average molecular weight is 204 g/mol. The summed E-state index contributed by atoms with van der Waals surface area (Å²) in [6, 6.07) is 0. The van der Waals surface area contributed by atoms with Crippen LogP contribution in [-0.2, 0) is 4.79 Å². The molecule has 0 aromatic carbocycles. The van der Waals surface area contributed by atoms with Gasteiger partial charge >= 0.3 is 0 Å². The van der Waals surface area contributed by atoms with Gasteiger partial charge in [0.1, 0.15) is 5.78 Å². The Bertz CT molecular complexity index is 326. The fraction of sp³-hybridized carbons (Fsp3) is 0.786. The molecule has 0 aromatic heterocycles. The van der Waals surface area contributed by atoms with E-state index >= 15 is 0 Å². The maximum Gasteiger partial charge on any atom is 0.140 e. The monoisotopic (exact) mass is 204 g/mol. The van der Waals surface area contributed by atoms with E-state index in [-0.39, 0.29) is 0 Å². The molecule has 1 heteroatoms. The Morgan fingerprint density at radius 1 is 1.40 bits per heavy atom. The molecule has 0 bridgehead atoms. The molecule has 82 valence electrons. The second kappa shape index (κ2) is 3.20. The molecule has 0 N–H and O–H groups in total. The van der Waals surface area contributed by atoms with Gasteiger partial charge in [-0.2, -0.15) is 0 Å². The fourth-order valence-electron chi connectivity index (χ4n) is 4.09. The molecule has 3 aliphatic carbocycles. The van der Waals surface area contributed by atoms with E-state index in [4.69, 9.17) is 0 Å². The molecule has 0 heterocycles. The first kappa shape index (κ1) is 9.62. The van der Waals surface area contributed by atoms with Gasteiger partial charge in [-0.25, -0.2) is 0 Å². The van der Waals surface area contributed by atoms with Crippen LogP contribution in [0.2, 0.25) is 0 Å². The van der Waals surface area contributed by atoms with Crippen LogP contribution in [0.15, 0.2) is 11.6 Å². The van der Waals surface area contributed by atoms with E-state index < -0.39 is 0 Å². The molecule has 1 nitrogen and oxygen atoms in total. The summed E-state index contributed by atoms with van der Waals surface area (Å²) in [5, 5.41) is 0. The van der Waals surface area contributed by atoms with Crippen molar-refractivity contribution in [2.24, 2.45) is 29.6 Å². The maximum atomic E-state index is 12.0. The number of carbonyl (C=O) groups excluding carboxylic acids is 1. The van der Waals surface area contributed by atoms with Crippen molar-refractivity contribution in [3.63, 3.8) is 0 Å². The van der Waals surface area contributed by atoms with Gasteiger partial charge in [-0.1, -0.05) is 25.5 Å². The maximum absolute atomic E-state index is 12.0. The van der Waals surface area contributed by atoms with E-state index in [9.17, 15) is 4.79 Å². The minimum Gasteiger partial charge on any atom is -0.299 e. The third-order valence-corrected chi connectivity index (χ3v) is 4.89. The molecule has 3 rings (SSSR count). The number of allylic oxidation sites excluding steroid dienone is 2. The second-order valence-electron chi connectivity index (χ2n) is 5.93. The predicted molar refractivity (Wildman–Crippen MR) is 60.4 cm³/mol. The Morgan fingerprint density at radius 3 is 2.93 bits per heavy atom. The zero-order valence-corrected chi connectivity index (χ0v) is 9.70. The highest BCUT2D eigenvalue weighted by Gasteiger charge is 2.50. The topological polar surface area (TPSA) is 17.1 Å². The normalized spacial score (nSPS) is 43.4. The van der Waals surface area contributed by atoms with Gasteiger partial charge < -0.3 is 0 Å². The molecule has 3 aliphatic rings. The van der Waals surface area contributed by atoms with E-state index in [0.717, 1.165) is 12.3 Å².